The van der Waals surface area contributed by atoms with Crippen LogP contribution in [0.25, 0.3) is 0 Å². The average Bonchev–Trinajstić information content (AvgIpc) is 2.75. The van der Waals surface area contributed by atoms with E-state index in [1.807, 2.05) is 0 Å². The highest BCUT2D eigenvalue weighted by Gasteiger charge is 2.18. The van der Waals surface area contributed by atoms with Gasteiger partial charge in [-0.25, -0.2) is 26.5 Å². The summed E-state index contributed by atoms with van der Waals surface area (Å²) in [7, 11) is -3.54. The van der Waals surface area contributed by atoms with Gasteiger partial charge in [0.2, 0.25) is 10.0 Å². The molecule has 3 aromatic rings. The highest BCUT2D eigenvalue weighted by molar-refractivity contribution is 7.92. The molecule has 0 aliphatic heterocycles. The molecule has 3 rings (SSSR count). The first-order chi connectivity index (χ1) is 16.0. The third-order valence-electron chi connectivity index (χ3n) is 4.81. The van der Waals surface area contributed by atoms with E-state index >= 15 is 0 Å². The molecule has 0 aliphatic carbocycles. The molecule has 1 atom stereocenters. The maximum absolute atomic E-state index is 14.5. The molecule has 0 saturated carbocycles. The van der Waals surface area contributed by atoms with Crippen LogP contribution < -0.4 is 24.6 Å². The normalized spacial score (nSPS) is 12.2. The van der Waals surface area contributed by atoms with Gasteiger partial charge in [0, 0.05) is 11.6 Å². The first kappa shape index (κ1) is 25.4. The van der Waals surface area contributed by atoms with Crippen molar-refractivity contribution in [1.29, 1.82) is 0 Å². The van der Waals surface area contributed by atoms with Crippen molar-refractivity contribution in [2.24, 2.45) is 5.14 Å². The number of hydrogen-bond acceptors (Lipinski definition) is 5. The van der Waals surface area contributed by atoms with Gasteiger partial charge in [-0.05, 0) is 56.7 Å². The van der Waals surface area contributed by atoms with Gasteiger partial charge in [0.05, 0.1) is 22.8 Å². The first-order valence-corrected chi connectivity index (χ1v) is 12.9. The summed E-state index contributed by atoms with van der Waals surface area (Å²) in [5.41, 5.74) is 1.51. The molecule has 182 valence electrons. The Morgan fingerprint density at radius 2 is 1.74 bits per heavy atom. The van der Waals surface area contributed by atoms with Crippen molar-refractivity contribution in [2.75, 3.05) is 20.5 Å². The number of halogens is 2. The van der Waals surface area contributed by atoms with Crippen LogP contribution in [0.2, 0.25) is 0 Å². The molecule has 0 aliphatic rings. The predicted octanol–water partition coefficient (Wildman–Crippen LogP) is 4.83. The van der Waals surface area contributed by atoms with Crippen LogP contribution in [0.5, 0.6) is 11.5 Å². The monoisotopic (exact) mass is 510 g/mol. The van der Waals surface area contributed by atoms with E-state index in [0.717, 1.165) is 12.1 Å². The van der Waals surface area contributed by atoms with Crippen molar-refractivity contribution in [3.05, 3.63) is 71.3 Å². The zero-order valence-corrected chi connectivity index (χ0v) is 20.2. The van der Waals surface area contributed by atoms with Crippen LogP contribution in [0.3, 0.4) is 0 Å². The molecule has 0 radical (unpaired) electrons. The highest BCUT2D eigenvalue weighted by Crippen LogP contribution is 2.40. The van der Waals surface area contributed by atoms with Gasteiger partial charge >= 0.3 is 0 Å². The Balaban J connectivity index is 2.06. The van der Waals surface area contributed by atoms with Crippen LogP contribution in [0, 0.1) is 25.5 Å². The molecule has 0 aromatic heterocycles. The molecule has 1 unspecified atom stereocenters. The molecule has 0 saturated heterocycles. The number of ether oxygens (including phenoxy) is 1. The number of anilines is 4. The molecule has 0 amide bonds. The lowest BCUT2D eigenvalue weighted by atomic mass is 10.1. The predicted molar refractivity (Wildman–Crippen MR) is 131 cm³/mol. The fourth-order valence-electron chi connectivity index (χ4n) is 3.03. The van der Waals surface area contributed by atoms with E-state index in [1.165, 1.54) is 19.1 Å². The largest absolute Gasteiger partial charge is 0.455 e. The minimum atomic E-state index is -3.54. The second-order valence-corrected chi connectivity index (χ2v) is 10.2. The van der Waals surface area contributed by atoms with E-state index in [9.17, 15) is 21.4 Å². The molecular weight excluding hydrogens is 486 g/mol. The second kappa shape index (κ2) is 10.4. The van der Waals surface area contributed by atoms with E-state index in [2.05, 4.69) is 14.8 Å². The van der Waals surface area contributed by atoms with Gasteiger partial charge in [-0.2, -0.15) is 0 Å². The number of nitrogens with one attached hydrogen (secondary N) is 3. The van der Waals surface area contributed by atoms with Crippen molar-refractivity contribution < 1.29 is 26.1 Å². The van der Waals surface area contributed by atoms with Gasteiger partial charge in [-0.1, -0.05) is 12.1 Å². The van der Waals surface area contributed by atoms with Gasteiger partial charge in [0.25, 0.3) is 0 Å². The van der Waals surface area contributed by atoms with Crippen molar-refractivity contribution in [2.45, 2.75) is 20.8 Å². The van der Waals surface area contributed by atoms with Crippen molar-refractivity contribution in [3.63, 3.8) is 0 Å². The SMILES string of the molecule is CCS(=O)(=O)Nc1cccc(Oc2cc(F)cc(Nc3ccc(C)cc3F)c2NS(N)=O)c1C. The van der Waals surface area contributed by atoms with Crippen LogP contribution in [-0.4, -0.2) is 18.4 Å². The van der Waals surface area contributed by atoms with Gasteiger partial charge in [-0.15, -0.1) is 0 Å². The topological polar surface area (TPSA) is 123 Å². The molecule has 34 heavy (non-hydrogen) atoms. The van der Waals surface area contributed by atoms with Crippen molar-refractivity contribution in [1.82, 2.24) is 0 Å². The number of hydrogen-bond donors (Lipinski definition) is 4. The fraction of sp³-hybridized carbons (Fsp3) is 0.182. The molecular formula is C22H24F2N4O4S2. The number of benzene rings is 3. The average molecular weight is 511 g/mol. The molecule has 8 nitrogen and oxygen atoms in total. The third kappa shape index (κ3) is 6.22. The summed E-state index contributed by atoms with van der Waals surface area (Å²) in [5, 5.41) is 8.17. The van der Waals surface area contributed by atoms with Gasteiger partial charge < -0.3 is 10.1 Å². The van der Waals surface area contributed by atoms with E-state index in [-0.39, 0.29) is 40.0 Å². The van der Waals surface area contributed by atoms with E-state index in [0.29, 0.717) is 11.1 Å². The number of sulfonamides is 1. The summed E-state index contributed by atoms with van der Waals surface area (Å²) in [6.07, 6.45) is 0. The van der Waals surface area contributed by atoms with Gasteiger partial charge in [0.1, 0.15) is 23.1 Å². The Bertz CT molecular complexity index is 1350. The molecule has 0 bridgehead atoms. The van der Waals surface area contributed by atoms with Crippen LogP contribution in [-0.2, 0) is 21.2 Å². The van der Waals surface area contributed by atoms with E-state index in [1.54, 1.807) is 38.1 Å². The van der Waals surface area contributed by atoms with E-state index < -0.39 is 32.8 Å². The van der Waals surface area contributed by atoms with Crippen molar-refractivity contribution in [3.8, 4) is 11.5 Å². The second-order valence-electron chi connectivity index (χ2n) is 7.37. The Kier molecular flexibility index (Phi) is 7.75. The minimum absolute atomic E-state index is 0.0150. The third-order valence-corrected chi connectivity index (χ3v) is 6.51. The lowest BCUT2D eigenvalue weighted by Gasteiger charge is -2.19. The van der Waals surface area contributed by atoms with Gasteiger partial charge in [0.15, 0.2) is 16.9 Å². The maximum atomic E-state index is 14.5. The zero-order valence-electron chi connectivity index (χ0n) is 18.6. The molecule has 0 spiro atoms. The summed E-state index contributed by atoms with van der Waals surface area (Å²) < 4.78 is 75.5. The molecule has 3 aromatic carbocycles. The van der Waals surface area contributed by atoms with Gasteiger partial charge in [-0.3, -0.25) is 9.44 Å². The first-order valence-electron chi connectivity index (χ1n) is 10.1. The molecule has 0 fully saturated rings. The Labute approximate surface area is 199 Å². The summed E-state index contributed by atoms with van der Waals surface area (Å²) >= 11 is -2.07. The fourth-order valence-corrected chi connectivity index (χ4v) is 4.14. The maximum Gasteiger partial charge on any atom is 0.232 e. The number of rotatable bonds is 9. The molecule has 5 N–H and O–H groups in total. The number of nitrogens with two attached hydrogens (primary N) is 1. The van der Waals surface area contributed by atoms with Crippen LogP contribution in [0.15, 0.2) is 48.5 Å². The summed E-state index contributed by atoms with van der Waals surface area (Å²) in [6.45, 7) is 4.85. The van der Waals surface area contributed by atoms with Crippen LogP contribution in [0.4, 0.5) is 31.5 Å². The standard InChI is InChI=1S/C22H24F2N4O4S2/c1-4-34(30,31)28-17-6-5-7-20(14(17)3)32-21-12-15(23)11-19(22(21)27-33(25)29)26-18-9-8-13(2)10-16(18)24/h5-12,26-28H,4,25H2,1-3H3. The quantitative estimate of drug-likeness (QED) is 0.328. The summed E-state index contributed by atoms with van der Waals surface area (Å²) in [6, 6.07) is 11.2. The Morgan fingerprint density at radius 3 is 2.38 bits per heavy atom. The van der Waals surface area contributed by atoms with Crippen LogP contribution >= 0.6 is 0 Å². The Morgan fingerprint density at radius 1 is 1.00 bits per heavy atom. The molecule has 0 heterocycles. The van der Waals surface area contributed by atoms with Crippen LogP contribution in [0.1, 0.15) is 18.1 Å². The summed E-state index contributed by atoms with van der Waals surface area (Å²) in [4.78, 5) is 0. The van der Waals surface area contributed by atoms with Crippen molar-refractivity contribution >= 4 is 43.9 Å². The Hall–Kier alpha value is -3.22. The smallest absolute Gasteiger partial charge is 0.232 e. The highest BCUT2D eigenvalue weighted by atomic mass is 32.2. The zero-order chi connectivity index (χ0) is 25.0. The minimum Gasteiger partial charge on any atom is -0.455 e. The number of aryl methyl sites for hydroxylation is 1. The molecule has 12 heteroatoms. The van der Waals surface area contributed by atoms with E-state index in [4.69, 9.17) is 9.88 Å². The lowest BCUT2D eigenvalue weighted by molar-refractivity contribution is 0.476. The summed E-state index contributed by atoms with van der Waals surface area (Å²) in [5.74, 6) is -1.31. The lowest BCUT2D eigenvalue weighted by Crippen LogP contribution is -2.16.